The van der Waals surface area contributed by atoms with E-state index in [1.165, 1.54) is 11.3 Å². The summed E-state index contributed by atoms with van der Waals surface area (Å²) >= 11 is 6.13. The van der Waals surface area contributed by atoms with Crippen LogP contribution in [0.5, 0.6) is 0 Å². The van der Waals surface area contributed by atoms with Crippen molar-refractivity contribution in [2.75, 3.05) is 24.6 Å². The predicted molar refractivity (Wildman–Crippen MR) is 99.3 cm³/mol. The number of amides is 1. The molecule has 0 aliphatic carbocycles. The molecule has 2 heterocycles. The number of aryl methyl sites for hydroxylation is 1. The quantitative estimate of drug-likeness (QED) is 0.870. The second kappa shape index (κ2) is 7.04. The van der Waals surface area contributed by atoms with Gasteiger partial charge in [-0.05, 0) is 63.8 Å². The molecule has 0 unspecified atom stereocenters. The summed E-state index contributed by atoms with van der Waals surface area (Å²) in [4.78, 5) is 16.5. The van der Waals surface area contributed by atoms with Crippen molar-refractivity contribution in [1.82, 2.24) is 4.90 Å². The highest BCUT2D eigenvalue weighted by Crippen LogP contribution is 2.34. The number of nitrogens with zero attached hydrogens (tertiary/aromatic N) is 2. The maximum Gasteiger partial charge on any atom is 0.410 e. The minimum absolute atomic E-state index is 0.0446. The molecule has 0 saturated carbocycles. The van der Waals surface area contributed by atoms with E-state index < -0.39 is 5.60 Å². The van der Waals surface area contributed by atoms with Crippen LogP contribution in [0.15, 0.2) is 18.2 Å². The Kier molecular flexibility index (Phi) is 5.16. The van der Waals surface area contributed by atoms with E-state index in [-0.39, 0.29) is 24.8 Å². The number of hydrogen-bond acceptors (Lipinski definition) is 4. The fourth-order valence-corrected chi connectivity index (χ4v) is 4.00. The molecule has 1 amide bonds. The fraction of sp³-hybridized carbons (Fsp3) is 0.632. The van der Waals surface area contributed by atoms with Gasteiger partial charge in [0.05, 0.1) is 12.6 Å². The molecule has 1 aromatic carbocycles. The van der Waals surface area contributed by atoms with Gasteiger partial charge in [-0.2, -0.15) is 0 Å². The van der Waals surface area contributed by atoms with Gasteiger partial charge in [-0.15, -0.1) is 0 Å². The molecule has 2 aliphatic heterocycles. The van der Waals surface area contributed by atoms with Crippen LogP contribution in [0.3, 0.4) is 0 Å². The molecule has 5 nitrogen and oxygen atoms in total. The molecule has 1 saturated heterocycles. The highest BCUT2D eigenvalue weighted by Gasteiger charge is 2.40. The summed E-state index contributed by atoms with van der Waals surface area (Å²) in [6.45, 7) is 7.06. The first-order valence-corrected chi connectivity index (χ1v) is 9.32. The Bertz CT molecular complexity index is 644. The molecule has 1 fully saturated rings. The molecule has 0 aromatic heterocycles. The van der Waals surface area contributed by atoms with E-state index in [4.69, 9.17) is 16.3 Å². The van der Waals surface area contributed by atoms with Crippen molar-refractivity contribution >= 4 is 23.4 Å². The van der Waals surface area contributed by atoms with E-state index in [1.54, 1.807) is 4.90 Å². The molecule has 2 aliphatic rings. The summed E-state index contributed by atoms with van der Waals surface area (Å²) in [5, 5.41) is 10.5. The molecule has 6 heteroatoms. The number of aliphatic hydroxyl groups excluding tert-OH is 1. The smallest absolute Gasteiger partial charge is 0.410 e. The van der Waals surface area contributed by atoms with Crippen LogP contribution in [-0.2, 0) is 11.2 Å². The summed E-state index contributed by atoms with van der Waals surface area (Å²) in [7, 11) is 0. The number of halogens is 1. The van der Waals surface area contributed by atoms with Crippen molar-refractivity contribution in [3.63, 3.8) is 0 Å². The Morgan fingerprint density at radius 1 is 1.40 bits per heavy atom. The van der Waals surface area contributed by atoms with Crippen molar-refractivity contribution in [1.29, 1.82) is 0 Å². The molecule has 2 atom stereocenters. The third-order valence-electron chi connectivity index (χ3n) is 4.87. The van der Waals surface area contributed by atoms with Crippen LogP contribution in [-0.4, -0.2) is 53.5 Å². The normalized spacial score (nSPS) is 23.6. The first-order valence-electron chi connectivity index (χ1n) is 8.94. The lowest BCUT2D eigenvalue weighted by Crippen LogP contribution is -2.43. The van der Waals surface area contributed by atoms with E-state index in [0.29, 0.717) is 6.54 Å². The maximum atomic E-state index is 12.5. The molecule has 0 spiro atoms. The number of rotatable bonds is 2. The zero-order chi connectivity index (χ0) is 18.2. The second-order valence-corrected chi connectivity index (χ2v) is 8.37. The summed E-state index contributed by atoms with van der Waals surface area (Å²) in [6.07, 6.45) is 2.50. The molecule has 138 valence electrons. The molecule has 0 bridgehead atoms. The highest BCUT2D eigenvalue weighted by atomic mass is 35.5. The van der Waals surface area contributed by atoms with Crippen LogP contribution in [0.2, 0.25) is 5.02 Å². The van der Waals surface area contributed by atoms with E-state index in [2.05, 4.69) is 11.0 Å². The van der Waals surface area contributed by atoms with Crippen LogP contribution in [0.25, 0.3) is 0 Å². The predicted octanol–water partition coefficient (Wildman–Crippen LogP) is 3.46. The molecule has 3 rings (SSSR count). The second-order valence-electron chi connectivity index (χ2n) is 7.93. The van der Waals surface area contributed by atoms with Crippen LogP contribution in [0.1, 0.15) is 39.2 Å². The van der Waals surface area contributed by atoms with Gasteiger partial charge >= 0.3 is 6.09 Å². The Hall–Kier alpha value is -1.46. The van der Waals surface area contributed by atoms with Gasteiger partial charge in [0.1, 0.15) is 5.60 Å². The van der Waals surface area contributed by atoms with Gasteiger partial charge in [0.25, 0.3) is 0 Å². The van der Waals surface area contributed by atoms with Crippen molar-refractivity contribution < 1.29 is 14.6 Å². The van der Waals surface area contributed by atoms with Crippen LogP contribution in [0, 0.1) is 0 Å². The Morgan fingerprint density at radius 2 is 2.16 bits per heavy atom. The lowest BCUT2D eigenvalue weighted by atomic mass is 9.99. The monoisotopic (exact) mass is 366 g/mol. The number of carbonyl (C=O) groups excluding carboxylic acids is 1. The van der Waals surface area contributed by atoms with Crippen molar-refractivity contribution in [2.24, 2.45) is 0 Å². The molecule has 0 radical (unpaired) electrons. The number of hydrogen-bond donors (Lipinski definition) is 1. The lowest BCUT2D eigenvalue weighted by Gasteiger charge is -2.36. The lowest BCUT2D eigenvalue weighted by molar-refractivity contribution is 0.0174. The van der Waals surface area contributed by atoms with Crippen molar-refractivity contribution in [2.45, 2.75) is 57.7 Å². The number of fused-ring (bicyclic) bond motifs is 1. The number of carbonyl (C=O) groups is 1. The van der Waals surface area contributed by atoms with Gasteiger partial charge in [0.2, 0.25) is 0 Å². The fourth-order valence-electron chi connectivity index (χ4n) is 3.81. The summed E-state index contributed by atoms with van der Waals surface area (Å²) in [5.74, 6) is 0. The Balaban J connectivity index is 1.78. The van der Waals surface area contributed by atoms with Gasteiger partial charge in [-0.3, -0.25) is 0 Å². The van der Waals surface area contributed by atoms with Crippen LogP contribution >= 0.6 is 11.6 Å². The van der Waals surface area contributed by atoms with Crippen LogP contribution < -0.4 is 4.90 Å². The van der Waals surface area contributed by atoms with Gasteiger partial charge in [-0.1, -0.05) is 11.6 Å². The largest absolute Gasteiger partial charge is 0.444 e. The average Bonchev–Trinajstić information content (AvgIpc) is 2.96. The molecule has 1 aromatic rings. The highest BCUT2D eigenvalue weighted by molar-refractivity contribution is 6.30. The molecular formula is C19H27ClN2O3. The molecular weight excluding hydrogens is 340 g/mol. The number of benzene rings is 1. The topological polar surface area (TPSA) is 53.0 Å². The number of anilines is 1. The molecule has 1 N–H and O–H groups in total. The minimum atomic E-state index is -0.538. The average molecular weight is 367 g/mol. The van der Waals surface area contributed by atoms with E-state index >= 15 is 0 Å². The van der Waals surface area contributed by atoms with E-state index in [0.717, 1.165) is 30.8 Å². The van der Waals surface area contributed by atoms with E-state index in [1.807, 2.05) is 32.9 Å². The maximum absolute atomic E-state index is 12.5. The third kappa shape index (κ3) is 4.04. The SMILES string of the molecule is CC(C)(C)OC(=O)N1C[C@H](N2CCCc3cc(Cl)ccc32)C[C@@H]1CO. The van der Waals surface area contributed by atoms with Gasteiger partial charge in [0.15, 0.2) is 0 Å². The number of likely N-dealkylation sites (tertiary alicyclic amines) is 1. The minimum Gasteiger partial charge on any atom is -0.444 e. The Labute approximate surface area is 154 Å². The van der Waals surface area contributed by atoms with Gasteiger partial charge in [0, 0.05) is 29.8 Å². The number of ether oxygens (including phenoxy) is 1. The Morgan fingerprint density at radius 3 is 2.84 bits per heavy atom. The summed E-state index contributed by atoms with van der Waals surface area (Å²) in [6, 6.07) is 6.01. The third-order valence-corrected chi connectivity index (χ3v) is 5.10. The first kappa shape index (κ1) is 18.3. The zero-order valence-corrected chi connectivity index (χ0v) is 15.9. The standard InChI is InChI=1S/C19H27ClN2O3/c1-19(2,3)25-18(24)22-11-15(10-16(22)12-23)21-8-4-5-13-9-14(20)6-7-17(13)21/h6-7,9,15-16,23H,4-5,8,10-12H2,1-3H3/t15-,16-/m1/s1. The number of aliphatic hydroxyl groups is 1. The van der Waals surface area contributed by atoms with Crippen molar-refractivity contribution in [3.05, 3.63) is 28.8 Å². The van der Waals surface area contributed by atoms with Crippen molar-refractivity contribution in [3.8, 4) is 0 Å². The summed E-state index contributed by atoms with van der Waals surface area (Å²) < 4.78 is 5.51. The van der Waals surface area contributed by atoms with Crippen LogP contribution in [0.4, 0.5) is 10.5 Å². The molecule has 25 heavy (non-hydrogen) atoms. The van der Waals surface area contributed by atoms with Gasteiger partial charge in [-0.25, -0.2) is 4.79 Å². The first-order chi connectivity index (χ1) is 11.8. The van der Waals surface area contributed by atoms with E-state index in [9.17, 15) is 9.90 Å². The summed E-state index contributed by atoms with van der Waals surface area (Å²) in [5.41, 5.74) is 1.92. The van der Waals surface area contributed by atoms with Gasteiger partial charge < -0.3 is 19.6 Å². The zero-order valence-electron chi connectivity index (χ0n) is 15.2.